The Bertz CT molecular complexity index is 360. The number of hydrogen-bond donors (Lipinski definition) is 2. The summed E-state index contributed by atoms with van der Waals surface area (Å²) in [5.74, 6) is 0.0983. The van der Waals surface area contributed by atoms with E-state index in [9.17, 15) is 4.79 Å². The Morgan fingerprint density at radius 1 is 1.39 bits per heavy atom. The highest BCUT2D eigenvalue weighted by Crippen LogP contribution is 1.99. The third-order valence-corrected chi connectivity index (χ3v) is 2.60. The van der Waals surface area contributed by atoms with Crippen LogP contribution in [0.5, 0.6) is 0 Å². The molecule has 0 fully saturated rings. The van der Waals surface area contributed by atoms with Gasteiger partial charge < -0.3 is 10.6 Å². The molecule has 0 aromatic carbocycles. The Hall–Kier alpha value is -1.42. The van der Waals surface area contributed by atoms with Gasteiger partial charge in [-0.1, -0.05) is 19.9 Å². The zero-order valence-electron chi connectivity index (χ0n) is 11.5. The Labute approximate surface area is 109 Å². The monoisotopic (exact) mass is 249 g/mol. The van der Waals surface area contributed by atoms with Crippen molar-refractivity contribution in [1.82, 2.24) is 15.6 Å². The van der Waals surface area contributed by atoms with Crippen LogP contribution in [-0.4, -0.2) is 23.5 Å². The predicted molar refractivity (Wildman–Crippen MR) is 73.2 cm³/mol. The molecule has 1 aromatic heterocycles. The highest BCUT2D eigenvalue weighted by molar-refractivity contribution is 5.75. The third kappa shape index (κ3) is 6.35. The van der Waals surface area contributed by atoms with Crippen LogP contribution in [0.25, 0.3) is 0 Å². The van der Waals surface area contributed by atoms with E-state index in [-0.39, 0.29) is 5.91 Å². The molecule has 0 atom stereocenters. The van der Waals surface area contributed by atoms with Crippen molar-refractivity contribution >= 4 is 5.91 Å². The van der Waals surface area contributed by atoms with Crippen LogP contribution in [0.3, 0.4) is 0 Å². The minimum absolute atomic E-state index is 0.0983. The van der Waals surface area contributed by atoms with Gasteiger partial charge in [0, 0.05) is 30.9 Å². The summed E-state index contributed by atoms with van der Waals surface area (Å²) < 4.78 is 0. The average Bonchev–Trinajstić information content (AvgIpc) is 2.34. The molecule has 1 rings (SSSR count). The van der Waals surface area contributed by atoms with Crippen LogP contribution in [-0.2, 0) is 11.3 Å². The molecular formula is C14H23N3O. The lowest BCUT2D eigenvalue weighted by Crippen LogP contribution is -2.27. The van der Waals surface area contributed by atoms with Crippen molar-refractivity contribution < 1.29 is 4.79 Å². The Kier molecular flexibility index (Phi) is 6.36. The number of rotatable bonds is 7. The maximum absolute atomic E-state index is 11.6. The highest BCUT2D eigenvalue weighted by atomic mass is 16.1. The van der Waals surface area contributed by atoms with Gasteiger partial charge in [0.1, 0.15) is 0 Å². The zero-order chi connectivity index (χ0) is 13.4. The first-order valence-electron chi connectivity index (χ1n) is 6.49. The van der Waals surface area contributed by atoms with E-state index < -0.39 is 0 Å². The Morgan fingerprint density at radius 3 is 2.78 bits per heavy atom. The summed E-state index contributed by atoms with van der Waals surface area (Å²) in [4.78, 5) is 15.8. The maximum atomic E-state index is 11.6. The summed E-state index contributed by atoms with van der Waals surface area (Å²) in [6, 6.07) is 4.42. The quantitative estimate of drug-likeness (QED) is 0.724. The number of hydrogen-bond acceptors (Lipinski definition) is 3. The Balaban J connectivity index is 2.15. The molecule has 0 bridgehead atoms. The second-order valence-corrected chi connectivity index (χ2v) is 4.80. The summed E-state index contributed by atoms with van der Waals surface area (Å²) in [5, 5.41) is 6.19. The largest absolute Gasteiger partial charge is 0.352 e. The van der Waals surface area contributed by atoms with E-state index in [2.05, 4.69) is 29.5 Å². The number of pyridine rings is 1. The molecule has 100 valence electrons. The number of aryl methyl sites for hydroxylation is 1. The number of nitrogens with zero attached hydrogens (tertiary/aromatic N) is 1. The van der Waals surface area contributed by atoms with Gasteiger partial charge in [-0.2, -0.15) is 0 Å². The molecule has 4 nitrogen and oxygen atoms in total. The van der Waals surface area contributed by atoms with Gasteiger partial charge in [-0.3, -0.25) is 9.78 Å². The fourth-order valence-corrected chi connectivity index (χ4v) is 1.53. The van der Waals surface area contributed by atoms with E-state index in [0.29, 0.717) is 19.0 Å². The van der Waals surface area contributed by atoms with Crippen molar-refractivity contribution in [3.05, 3.63) is 29.6 Å². The first kappa shape index (κ1) is 14.6. The summed E-state index contributed by atoms with van der Waals surface area (Å²) in [6.07, 6.45) is 3.24. The zero-order valence-corrected chi connectivity index (χ0v) is 11.5. The highest BCUT2D eigenvalue weighted by Gasteiger charge is 2.01. The van der Waals surface area contributed by atoms with Gasteiger partial charge in [0.15, 0.2) is 0 Å². The van der Waals surface area contributed by atoms with E-state index in [4.69, 9.17) is 0 Å². The summed E-state index contributed by atoms with van der Waals surface area (Å²) in [5.41, 5.74) is 2.03. The van der Waals surface area contributed by atoms with Gasteiger partial charge >= 0.3 is 0 Å². The second-order valence-electron chi connectivity index (χ2n) is 4.80. The van der Waals surface area contributed by atoms with E-state index in [1.165, 1.54) is 0 Å². The number of nitrogens with one attached hydrogen (secondary N) is 2. The number of amides is 1. The van der Waals surface area contributed by atoms with E-state index in [0.717, 1.165) is 24.2 Å². The Morgan fingerprint density at radius 2 is 2.17 bits per heavy atom. The average molecular weight is 249 g/mol. The minimum atomic E-state index is 0.0983. The number of carbonyl (C=O) groups excluding carboxylic acids is 1. The van der Waals surface area contributed by atoms with Crippen molar-refractivity contribution in [3.63, 3.8) is 0 Å². The molecule has 0 saturated carbocycles. The second kappa shape index (κ2) is 7.82. The van der Waals surface area contributed by atoms with E-state index >= 15 is 0 Å². The summed E-state index contributed by atoms with van der Waals surface area (Å²) in [6.45, 7) is 7.60. The van der Waals surface area contributed by atoms with Crippen LogP contribution in [0.1, 0.15) is 37.9 Å². The molecule has 18 heavy (non-hydrogen) atoms. The van der Waals surface area contributed by atoms with Gasteiger partial charge in [-0.15, -0.1) is 0 Å². The fraction of sp³-hybridized carbons (Fsp3) is 0.571. The lowest BCUT2D eigenvalue weighted by molar-refractivity contribution is -0.121. The van der Waals surface area contributed by atoms with Gasteiger partial charge in [-0.25, -0.2) is 0 Å². The first-order valence-corrected chi connectivity index (χ1v) is 6.49. The van der Waals surface area contributed by atoms with Crippen LogP contribution in [0.15, 0.2) is 18.3 Å². The topological polar surface area (TPSA) is 54.0 Å². The normalized spacial score (nSPS) is 10.7. The van der Waals surface area contributed by atoms with Crippen molar-refractivity contribution in [1.29, 1.82) is 0 Å². The molecule has 1 aromatic rings. The molecule has 0 aliphatic carbocycles. The van der Waals surface area contributed by atoms with Crippen molar-refractivity contribution in [2.24, 2.45) is 0 Å². The van der Waals surface area contributed by atoms with Crippen molar-refractivity contribution in [2.75, 3.05) is 6.54 Å². The lowest BCUT2D eigenvalue weighted by Gasteiger charge is -2.08. The molecule has 0 saturated heterocycles. The van der Waals surface area contributed by atoms with Crippen LogP contribution in [0, 0.1) is 6.92 Å². The molecule has 4 heteroatoms. The van der Waals surface area contributed by atoms with E-state index in [1.807, 2.05) is 19.1 Å². The number of carbonyl (C=O) groups is 1. The molecule has 0 aliphatic heterocycles. The van der Waals surface area contributed by atoms with Crippen LogP contribution in [0.2, 0.25) is 0 Å². The molecule has 0 aliphatic rings. The minimum Gasteiger partial charge on any atom is -0.352 e. The van der Waals surface area contributed by atoms with Gasteiger partial charge in [-0.05, 0) is 31.5 Å². The standard InChI is InChI=1S/C14H23N3O/c1-11(2)15-8-4-5-14(18)17-10-13-7-6-12(3)16-9-13/h6-7,9,11,15H,4-5,8,10H2,1-3H3,(H,17,18). The van der Waals surface area contributed by atoms with Crippen LogP contribution < -0.4 is 10.6 Å². The molecule has 2 N–H and O–H groups in total. The van der Waals surface area contributed by atoms with Gasteiger partial charge in [0.05, 0.1) is 0 Å². The van der Waals surface area contributed by atoms with Crippen LogP contribution >= 0.6 is 0 Å². The molecule has 0 spiro atoms. The SMILES string of the molecule is Cc1ccc(CNC(=O)CCCNC(C)C)cn1. The maximum Gasteiger partial charge on any atom is 0.220 e. The van der Waals surface area contributed by atoms with Gasteiger partial charge in [0.25, 0.3) is 0 Å². The molecule has 1 amide bonds. The van der Waals surface area contributed by atoms with Crippen molar-refractivity contribution in [3.8, 4) is 0 Å². The van der Waals surface area contributed by atoms with Crippen LogP contribution in [0.4, 0.5) is 0 Å². The molecule has 0 unspecified atom stereocenters. The third-order valence-electron chi connectivity index (χ3n) is 2.60. The molecule has 0 radical (unpaired) electrons. The smallest absolute Gasteiger partial charge is 0.220 e. The first-order chi connectivity index (χ1) is 8.58. The predicted octanol–water partition coefficient (Wildman–Crippen LogP) is 1.78. The summed E-state index contributed by atoms with van der Waals surface area (Å²) >= 11 is 0. The van der Waals surface area contributed by atoms with Gasteiger partial charge in [0.2, 0.25) is 5.91 Å². The van der Waals surface area contributed by atoms with Crippen molar-refractivity contribution in [2.45, 2.75) is 46.2 Å². The lowest BCUT2D eigenvalue weighted by atomic mass is 10.2. The van der Waals surface area contributed by atoms with E-state index in [1.54, 1.807) is 6.20 Å². The summed E-state index contributed by atoms with van der Waals surface area (Å²) in [7, 11) is 0. The molecular weight excluding hydrogens is 226 g/mol. The number of aromatic nitrogens is 1. The fourth-order valence-electron chi connectivity index (χ4n) is 1.53. The molecule has 1 heterocycles.